The third-order valence-corrected chi connectivity index (χ3v) is 7.18. The van der Waals surface area contributed by atoms with E-state index >= 15 is 0 Å². The van der Waals surface area contributed by atoms with E-state index in [0.29, 0.717) is 31.1 Å². The van der Waals surface area contributed by atoms with Gasteiger partial charge in [0.2, 0.25) is 0 Å². The minimum Gasteiger partial charge on any atom is -0.490 e. The van der Waals surface area contributed by atoms with Crippen LogP contribution in [0.5, 0.6) is 5.75 Å². The van der Waals surface area contributed by atoms with Crippen molar-refractivity contribution >= 4 is 39.3 Å². The van der Waals surface area contributed by atoms with Crippen LogP contribution in [0.3, 0.4) is 0 Å². The van der Waals surface area contributed by atoms with Crippen LogP contribution in [0.25, 0.3) is 10.8 Å². The summed E-state index contributed by atoms with van der Waals surface area (Å²) in [5.74, 6) is 1.63. The number of carbonyl (C=O) groups is 1. The number of fused-ring (bicyclic) bond motifs is 1. The summed E-state index contributed by atoms with van der Waals surface area (Å²) in [6.07, 6.45) is 5.53. The van der Waals surface area contributed by atoms with Crippen LogP contribution in [0.2, 0.25) is 0 Å². The second-order valence-corrected chi connectivity index (χ2v) is 10.8. The summed E-state index contributed by atoms with van der Waals surface area (Å²) in [5, 5.41) is 5.78. The molecule has 1 aliphatic carbocycles. The van der Waals surface area contributed by atoms with E-state index in [1.54, 1.807) is 0 Å². The summed E-state index contributed by atoms with van der Waals surface area (Å²) < 4.78 is 12.6. The Balaban J connectivity index is 1.57. The summed E-state index contributed by atoms with van der Waals surface area (Å²) in [6.45, 7) is 10.7. The second-order valence-electron chi connectivity index (χ2n) is 9.65. The van der Waals surface area contributed by atoms with Crippen LogP contribution in [-0.2, 0) is 16.1 Å². The van der Waals surface area contributed by atoms with Crippen molar-refractivity contribution in [2.24, 2.45) is 11.3 Å². The van der Waals surface area contributed by atoms with Gasteiger partial charge in [0.1, 0.15) is 5.75 Å². The predicted octanol–water partition coefficient (Wildman–Crippen LogP) is 6.47. The van der Waals surface area contributed by atoms with Crippen LogP contribution in [0.4, 0.5) is 0 Å². The first kappa shape index (κ1) is 24.3. The Bertz CT molecular complexity index is 882. The lowest BCUT2D eigenvalue weighted by Gasteiger charge is -2.37. The first-order chi connectivity index (χ1) is 14.8. The van der Waals surface area contributed by atoms with Gasteiger partial charge >= 0.3 is 5.97 Å². The molecule has 1 aliphatic rings. The maximum absolute atomic E-state index is 11.4. The van der Waals surface area contributed by atoms with Crippen molar-refractivity contribution < 1.29 is 14.3 Å². The van der Waals surface area contributed by atoms with Gasteiger partial charge in [0.15, 0.2) is 0 Å². The van der Waals surface area contributed by atoms with E-state index < -0.39 is 0 Å². The molecule has 0 saturated heterocycles. The van der Waals surface area contributed by atoms with Crippen molar-refractivity contribution in [2.45, 2.75) is 72.4 Å². The van der Waals surface area contributed by atoms with Crippen LogP contribution < -0.4 is 10.1 Å². The standard InChI is InChI=1S/C26H36INO3/c1-5-30-25(29)12-13-28-17-18-6-7-19-15-22(16-24(27)23(19)14-18)31-21-10-8-20(9-11-21)26(2,3)4/h6-7,14-16,20-21,28H,5,8-13,17H2,1-4H3/t20-,21-. The van der Waals surface area contributed by atoms with Crippen LogP contribution >= 0.6 is 22.6 Å². The maximum Gasteiger partial charge on any atom is 0.307 e. The molecule has 2 aromatic rings. The predicted molar refractivity (Wildman–Crippen MR) is 135 cm³/mol. The monoisotopic (exact) mass is 537 g/mol. The number of esters is 1. The van der Waals surface area contributed by atoms with Gasteiger partial charge in [-0.05, 0) is 101 Å². The van der Waals surface area contributed by atoms with E-state index in [1.165, 1.54) is 32.7 Å². The Morgan fingerprint density at radius 2 is 1.87 bits per heavy atom. The lowest BCUT2D eigenvalue weighted by molar-refractivity contribution is -0.142. The van der Waals surface area contributed by atoms with E-state index in [-0.39, 0.29) is 5.97 Å². The average molecular weight is 537 g/mol. The molecule has 1 saturated carbocycles. The third-order valence-electron chi connectivity index (χ3n) is 6.28. The smallest absolute Gasteiger partial charge is 0.307 e. The van der Waals surface area contributed by atoms with E-state index in [1.807, 2.05) is 6.92 Å². The van der Waals surface area contributed by atoms with Crippen LogP contribution in [0, 0.1) is 14.9 Å². The molecule has 5 heteroatoms. The van der Waals surface area contributed by atoms with E-state index in [4.69, 9.17) is 9.47 Å². The van der Waals surface area contributed by atoms with Gasteiger partial charge in [-0.3, -0.25) is 4.79 Å². The molecule has 0 atom stereocenters. The molecule has 0 aromatic heterocycles. The molecule has 0 bridgehead atoms. The third kappa shape index (κ3) is 7.07. The molecule has 1 N–H and O–H groups in total. The minimum atomic E-state index is -0.150. The highest BCUT2D eigenvalue weighted by molar-refractivity contribution is 14.1. The zero-order valence-electron chi connectivity index (χ0n) is 19.3. The SMILES string of the molecule is CCOC(=O)CCNCc1ccc2cc(O[C@H]3CC[C@H](C(C)(C)C)CC3)cc(I)c2c1. The summed E-state index contributed by atoms with van der Waals surface area (Å²) in [7, 11) is 0. The van der Waals surface area contributed by atoms with E-state index in [0.717, 1.165) is 31.1 Å². The number of hydrogen-bond acceptors (Lipinski definition) is 4. The Hall–Kier alpha value is -1.34. The first-order valence-electron chi connectivity index (χ1n) is 11.5. The Morgan fingerprint density at radius 1 is 1.13 bits per heavy atom. The summed E-state index contributed by atoms with van der Waals surface area (Å²) in [5.41, 5.74) is 1.61. The highest BCUT2D eigenvalue weighted by Gasteiger charge is 2.30. The van der Waals surface area contributed by atoms with Gasteiger partial charge in [-0.2, -0.15) is 0 Å². The Morgan fingerprint density at radius 3 is 2.55 bits per heavy atom. The van der Waals surface area contributed by atoms with Crippen LogP contribution in [0.15, 0.2) is 30.3 Å². The second kappa shape index (κ2) is 11.0. The van der Waals surface area contributed by atoms with Crippen LogP contribution in [0.1, 0.15) is 65.4 Å². The fraction of sp³-hybridized carbons (Fsp3) is 0.577. The van der Waals surface area contributed by atoms with E-state index in [9.17, 15) is 4.79 Å². The van der Waals surface area contributed by atoms with Crippen LogP contribution in [-0.4, -0.2) is 25.2 Å². The Kier molecular flexibility index (Phi) is 8.62. The number of rotatable bonds is 8. The summed E-state index contributed by atoms with van der Waals surface area (Å²) in [4.78, 5) is 11.4. The minimum absolute atomic E-state index is 0.150. The molecule has 1 fully saturated rings. The molecule has 4 nitrogen and oxygen atoms in total. The lowest BCUT2D eigenvalue weighted by atomic mass is 9.72. The Labute approximate surface area is 200 Å². The van der Waals surface area contributed by atoms with Crippen molar-refractivity contribution in [2.75, 3.05) is 13.2 Å². The highest BCUT2D eigenvalue weighted by atomic mass is 127. The molecule has 3 rings (SSSR count). The number of nitrogens with one attached hydrogen (secondary N) is 1. The van der Waals surface area contributed by atoms with Crippen molar-refractivity contribution in [3.8, 4) is 5.75 Å². The molecule has 2 aromatic carbocycles. The van der Waals surface area contributed by atoms with Gasteiger partial charge in [0.05, 0.1) is 19.1 Å². The number of hydrogen-bond donors (Lipinski definition) is 1. The number of benzene rings is 2. The molecule has 0 heterocycles. The van der Waals surface area contributed by atoms with E-state index in [2.05, 4.69) is 79.0 Å². The van der Waals surface area contributed by atoms with Gasteiger partial charge in [0, 0.05) is 16.7 Å². The first-order valence-corrected chi connectivity index (χ1v) is 12.6. The van der Waals surface area contributed by atoms with Crippen molar-refractivity contribution in [1.29, 1.82) is 0 Å². The van der Waals surface area contributed by atoms with Gasteiger partial charge in [-0.25, -0.2) is 0 Å². The van der Waals surface area contributed by atoms with Crippen molar-refractivity contribution in [3.05, 3.63) is 39.5 Å². The topological polar surface area (TPSA) is 47.6 Å². The number of halogens is 1. The highest BCUT2D eigenvalue weighted by Crippen LogP contribution is 2.39. The van der Waals surface area contributed by atoms with Crippen molar-refractivity contribution in [3.63, 3.8) is 0 Å². The quantitative estimate of drug-likeness (QED) is 0.238. The number of carbonyl (C=O) groups excluding carboxylic acids is 1. The van der Waals surface area contributed by atoms with Gasteiger partial charge in [-0.15, -0.1) is 0 Å². The largest absolute Gasteiger partial charge is 0.490 e. The maximum atomic E-state index is 11.4. The molecule has 0 radical (unpaired) electrons. The normalized spacial score (nSPS) is 19.4. The molecule has 0 amide bonds. The fourth-order valence-electron chi connectivity index (χ4n) is 4.41. The zero-order valence-corrected chi connectivity index (χ0v) is 21.5. The fourth-order valence-corrected chi connectivity index (χ4v) is 5.18. The molecule has 0 spiro atoms. The van der Waals surface area contributed by atoms with Gasteiger partial charge in [-0.1, -0.05) is 32.9 Å². The molecular weight excluding hydrogens is 501 g/mol. The van der Waals surface area contributed by atoms with Gasteiger partial charge < -0.3 is 14.8 Å². The average Bonchev–Trinajstić information content (AvgIpc) is 2.71. The lowest BCUT2D eigenvalue weighted by Crippen LogP contribution is -2.30. The summed E-state index contributed by atoms with van der Waals surface area (Å²) in [6, 6.07) is 10.9. The zero-order chi connectivity index (χ0) is 22.4. The number of ether oxygens (including phenoxy) is 2. The molecule has 0 aliphatic heterocycles. The van der Waals surface area contributed by atoms with Crippen molar-refractivity contribution in [1.82, 2.24) is 5.32 Å². The molecule has 170 valence electrons. The molecule has 31 heavy (non-hydrogen) atoms. The molecular formula is C26H36INO3. The molecule has 0 unspecified atom stereocenters. The summed E-state index contributed by atoms with van der Waals surface area (Å²) >= 11 is 2.41. The van der Waals surface area contributed by atoms with Gasteiger partial charge in [0.25, 0.3) is 0 Å².